The van der Waals surface area contributed by atoms with E-state index in [4.69, 9.17) is 0 Å². The zero-order valence-electron chi connectivity index (χ0n) is 12.8. The second kappa shape index (κ2) is 6.13. The predicted molar refractivity (Wildman–Crippen MR) is 77.4 cm³/mol. The molecule has 0 radical (unpaired) electrons. The quantitative estimate of drug-likeness (QED) is 0.866. The summed E-state index contributed by atoms with van der Waals surface area (Å²) in [6.45, 7) is 1.33. The Balaban J connectivity index is 1.38. The molecule has 3 rings (SSSR count). The first-order valence-electron chi connectivity index (χ1n) is 8.41. The normalized spacial score (nSPS) is 28.6. The van der Waals surface area contributed by atoms with Gasteiger partial charge in [-0.15, -0.1) is 0 Å². The van der Waals surface area contributed by atoms with Gasteiger partial charge in [-0.2, -0.15) is 0 Å². The van der Waals surface area contributed by atoms with Crippen LogP contribution in [0.5, 0.6) is 0 Å². The molecular weight excluding hydrogens is 290 g/mol. The van der Waals surface area contributed by atoms with Gasteiger partial charge in [-0.05, 0) is 25.7 Å². The standard InChI is InChI=1S/C16H24F2N2O2/c17-16(18)10-12(16)9-14(21)19-13-5-7-20(8-6-13)15(22)11-3-1-2-4-11/h11-13H,1-10H2,(H,19,21)/t12-/m0/s1. The molecular formula is C16H24F2N2O2. The van der Waals surface area contributed by atoms with Crippen molar-refractivity contribution < 1.29 is 18.4 Å². The highest BCUT2D eigenvalue weighted by molar-refractivity contribution is 5.79. The molecule has 0 aromatic rings. The average molecular weight is 314 g/mol. The summed E-state index contributed by atoms with van der Waals surface area (Å²) >= 11 is 0. The maximum absolute atomic E-state index is 12.8. The lowest BCUT2D eigenvalue weighted by Gasteiger charge is -2.34. The second-order valence-electron chi connectivity index (χ2n) is 7.01. The number of hydrogen-bond donors (Lipinski definition) is 1. The fraction of sp³-hybridized carbons (Fsp3) is 0.875. The van der Waals surface area contributed by atoms with Crippen LogP contribution in [0.1, 0.15) is 51.4 Å². The Labute approximate surface area is 129 Å². The Morgan fingerprint density at radius 2 is 1.68 bits per heavy atom. The van der Waals surface area contributed by atoms with Crippen LogP contribution >= 0.6 is 0 Å². The number of likely N-dealkylation sites (tertiary alicyclic amines) is 1. The molecule has 124 valence electrons. The monoisotopic (exact) mass is 314 g/mol. The molecule has 0 bridgehead atoms. The number of hydrogen-bond acceptors (Lipinski definition) is 2. The molecule has 3 aliphatic rings. The number of nitrogens with one attached hydrogen (secondary N) is 1. The highest BCUT2D eigenvalue weighted by Gasteiger charge is 2.57. The average Bonchev–Trinajstić information content (AvgIpc) is 2.92. The number of rotatable bonds is 4. The van der Waals surface area contributed by atoms with E-state index >= 15 is 0 Å². The number of nitrogens with zero attached hydrogens (tertiary/aromatic N) is 1. The molecule has 0 aromatic carbocycles. The lowest BCUT2D eigenvalue weighted by atomic mass is 10.0. The zero-order valence-corrected chi connectivity index (χ0v) is 12.8. The van der Waals surface area contributed by atoms with E-state index in [1.165, 1.54) is 0 Å². The number of halogens is 2. The number of alkyl halides is 2. The van der Waals surface area contributed by atoms with E-state index in [0.29, 0.717) is 13.1 Å². The Hall–Kier alpha value is -1.20. The summed E-state index contributed by atoms with van der Waals surface area (Å²) < 4.78 is 25.6. The number of piperidine rings is 1. The van der Waals surface area contributed by atoms with Gasteiger partial charge in [0.2, 0.25) is 11.8 Å². The van der Waals surface area contributed by atoms with Gasteiger partial charge in [-0.25, -0.2) is 8.78 Å². The van der Waals surface area contributed by atoms with Gasteiger partial charge >= 0.3 is 0 Å². The Bertz CT molecular complexity index is 441. The Morgan fingerprint density at radius 3 is 2.23 bits per heavy atom. The first-order chi connectivity index (χ1) is 10.5. The van der Waals surface area contributed by atoms with Crippen LogP contribution in [0.3, 0.4) is 0 Å². The highest BCUT2D eigenvalue weighted by atomic mass is 19.3. The van der Waals surface area contributed by atoms with Gasteiger partial charge in [0.25, 0.3) is 5.92 Å². The zero-order chi connectivity index (χ0) is 15.7. The van der Waals surface area contributed by atoms with Crippen LogP contribution in [0, 0.1) is 11.8 Å². The molecule has 22 heavy (non-hydrogen) atoms. The third kappa shape index (κ3) is 3.58. The lowest BCUT2D eigenvalue weighted by molar-refractivity contribution is -0.136. The number of carbonyl (C=O) groups is 2. The van der Waals surface area contributed by atoms with Crippen LogP contribution in [0.4, 0.5) is 8.78 Å². The fourth-order valence-corrected chi connectivity index (χ4v) is 3.68. The van der Waals surface area contributed by atoms with E-state index < -0.39 is 11.8 Å². The molecule has 3 fully saturated rings. The van der Waals surface area contributed by atoms with Crippen molar-refractivity contribution in [2.24, 2.45) is 11.8 Å². The molecule has 1 saturated heterocycles. The molecule has 2 saturated carbocycles. The van der Waals surface area contributed by atoms with E-state index in [-0.39, 0.29) is 36.6 Å². The summed E-state index contributed by atoms with van der Waals surface area (Å²) in [7, 11) is 0. The van der Waals surface area contributed by atoms with Crippen molar-refractivity contribution in [1.82, 2.24) is 10.2 Å². The summed E-state index contributed by atoms with van der Waals surface area (Å²) in [5, 5.41) is 2.85. The van der Waals surface area contributed by atoms with E-state index in [2.05, 4.69) is 5.32 Å². The number of amides is 2. The van der Waals surface area contributed by atoms with Gasteiger partial charge in [0, 0.05) is 43.8 Å². The first-order valence-corrected chi connectivity index (χ1v) is 8.41. The van der Waals surface area contributed by atoms with E-state index in [1.807, 2.05) is 4.90 Å². The maximum Gasteiger partial charge on any atom is 0.252 e. The Morgan fingerprint density at radius 1 is 1.09 bits per heavy atom. The largest absolute Gasteiger partial charge is 0.353 e. The fourth-order valence-electron chi connectivity index (χ4n) is 3.68. The van der Waals surface area contributed by atoms with Crippen molar-refractivity contribution in [2.45, 2.75) is 63.3 Å². The molecule has 2 aliphatic carbocycles. The summed E-state index contributed by atoms with van der Waals surface area (Å²) in [5.74, 6) is -3.21. The number of carbonyl (C=O) groups excluding carboxylic acids is 2. The molecule has 4 nitrogen and oxygen atoms in total. The van der Waals surface area contributed by atoms with Gasteiger partial charge in [0.15, 0.2) is 0 Å². The molecule has 1 N–H and O–H groups in total. The van der Waals surface area contributed by atoms with Gasteiger partial charge in [0.05, 0.1) is 0 Å². The molecule has 6 heteroatoms. The predicted octanol–water partition coefficient (Wildman–Crippen LogP) is 2.33. The minimum atomic E-state index is -2.63. The second-order valence-corrected chi connectivity index (χ2v) is 7.01. The van der Waals surface area contributed by atoms with Crippen molar-refractivity contribution in [3.8, 4) is 0 Å². The van der Waals surface area contributed by atoms with Crippen molar-refractivity contribution in [2.75, 3.05) is 13.1 Å². The first kappa shape index (κ1) is 15.7. The molecule has 0 spiro atoms. The SMILES string of the molecule is O=C(C[C@H]1CC1(F)F)NC1CCN(C(=O)C2CCCC2)CC1. The molecule has 1 atom stereocenters. The van der Waals surface area contributed by atoms with Crippen molar-refractivity contribution in [1.29, 1.82) is 0 Å². The summed E-state index contributed by atoms with van der Waals surface area (Å²) in [4.78, 5) is 26.0. The van der Waals surface area contributed by atoms with E-state index in [0.717, 1.165) is 38.5 Å². The highest BCUT2D eigenvalue weighted by Crippen LogP contribution is 2.50. The molecule has 1 aliphatic heterocycles. The van der Waals surface area contributed by atoms with Crippen molar-refractivity contribution in [3.63, 3.8) is 0 Å². The maximum atomic E-state index is 12.8. The van der Waals surface area contributed by atoms with Gasteiger partial charge < -0.3 is 10.2 Å². The van der Waals surface area contributed by atoms with Crippen LogP contribution in [0.2, 0.25) is 0 Å². The third-order valence-electron chi connectivity index (χ3n) is 5.26. The lowest BCUT2D eigenvalue weighted by Crippen LogP contribution is -2.47. The van der Waals surface area contributed by atoms with Crippen LogP contribution in [0.15, 0.2) is 0 Å². The van der Waals surface area contributed by atoms with Crippen LogP contribution < -0.4 is 5.32 Å². The molecule has 0 aromatic heterocycles. The Kier molecular flexibility index (Phi) is 4.37. The van der Waals surface area contributed by atoms with Gasteiger partial charge in [0.1, 0.15) is 0 Å². The summed E-state index contributed by atoms with van der Waals surface area (Å²) in [5.41, 5.74) is 0. The summed E-state index contributed by atoms with van der Waals surface area (Å²) in [6, 6.07) is 0.0208. The minimum Gasteiger partial charge on any atom is -0.353 e. The van der Waals surface area contributed by atoms with Gasteiger partial charge in [-0.1, -0.05) is 12.8 Å². The van der Waals surface area contributed by atoms with Crippen LogP contribution in [-0.2, 0) is 9.59 Å². The molecule has 2 amide bonds. The third-order valence-corrected chi connectivity index (χ3v) is 5.26. The molecule has 0 unspecified atom stereocenters. The van der Waals surface area contributed by atoms with Crippen LogP contribution in [0.25, 0.3) is 0 Å². The van der Waals surface area contributed by atoms with E-state index in [1.54, 1.807) is 0 Å². The minimum absolute atomic E-state index is 0.0208. The van der Waals surface area contributed by atoms with E-state index in [9.17, 15) is 18.4 Å². The van der Waals surface area contributed by atoms with Crippen molar-refractivity contribution >= 4 is 11.8 Å². The topological polar surface area (TPSA) is 49.4 Å². The van der Waals surface area contributed by atoms with Crippen molar-refractivity contribution in [3.05, 3.63) is 0 Å². The smallest absolute Gasteiger partial charge is 0.252 e. The molecule has 1 heterocycles. The van der Waals surface area contributed by atoms with Crippen LogP contribution in [-0.4, -0.2) is 41.8 Å². The summed E-state index contributed by atoms with van der Waals surface area (Å²) in [6.07, 6.45) is 5.53. The van der Waals surface area contributed by atoms with Gasteiger partial charge in [-0.3, -0.25) is 9.59 Å².